The van der Waals surface area contributed by atoms with Crippen molar-refractivity contribution < 1.29 is 14.9 Å². The second kappa shape index (κ2) is 4.85. The van der Waals surface area contributed by atoms with Crippen LogP contribution >= 0.6 is 0 Å². The van der Waals surface area contributed by atoms with Crippen LogP contribution in [0.1, 0.15) is 6.04 Å². The molecule has 108 valence electrons. The Kier molecular flexibility index (Phi) is 3.16. The summed E-state index contributed by atoms with van der Waals surface area (Å²) in [4.78, 5) is 12.2. The Morgan fingerprint density at radius 1 is 1.30 bits per heavy atom. The molecule has 0 amide bonds. The number of imidazole rings is 1. The highest BCUT2D eigenvalue weighted by Gasteiger charge is 2.38. The fraction of sp³-hybridized carbons (Fsp3) is 0.545. The molecule has 0 spiro atoms. The number of hydrogen-bond donors (Lipinski definition) is 4. The highest BCUT2D eigenvalue weighted by Crippen LogP contribution is 2.33. The third kappa shape index (κ3) is 1.87. The molecule has 2 aromatic heterocycles. The Morgan fingerprint density at radius 2 is 2.10 bits per heavy atom. The summed E-state index contributed by atoms with van der Waals surface area (Å²) in [7, 11) is 0. The molecule has 9 heteroatoms. The molecular formula is C11H16N6O3. The van der Waals surface area contributed by atoms with Crippen molar-refractivity contribution >= 4 is 22.9 Å². The van der Waals surface area contributed by atoms with Gasteiger partial charge >= 0.3 is 0 Å². The van der Waals surface area contributed by atoms with E-state index in [4.69, 9.17) is 16.2 Å². The third-order valence-electron chi connectivity index (χ3n) is 3.67. The van der Waals surface area contributed by atoms with Crippen molar-refractivity contribution in [3.8, 4) is 0 Å². The summed E-state index contributed by atoms with van der Waals surface area (Å²) in [6.07, 6.45) is 1.17. The molecule has 0 radical (unpaired) electrons. The van der Waals surface area contributed by atoms with Crippen molar-refractivity contribution in [2.24, 2.45) is 5.92 Å². The minimum absolute atomic E-state index is 0.0647. The lowest BCUT2D eigenvalue weighted by Crippen LogP contribution is -2.28. The van der Waals surface area contributed by atoms with Crippen LogP contribution in [0.3, 0.4) is 0 Å². The number of aliphatic hydroxyl groups excluding tert-OH is 2. The molecular weight excluding hydrogens is 264 g/mol. The lowest BCUT2D eigenvalue weighted by atomic mass is 9.98. The van der Waals surface area contributed by atoms with E-state index < -0.39 is 6.10 Å². The standard InChI is InChI=1S/C11H16N6O3/c12-9-8-10(16-11(13)15-9)17(4-14-8)6-3-20-7(2-19)5(6)1-18/h4-7,18-19H,1-3H2,(H4,12,13,15,16)/t5-,6-,7?/m0/s1. The quantitative estimate of drug-likeness (QED) is 0.533. The average Bonchev–Trinajstić information content (AvgIpc) is 3.00. The summed E-state index contributed by atoms with van der Waals surface area (Å²) >= 11 is 0. The Balaban J connectivity index is 2.06. The van der Waals surface area contributed by atoms with Crippen LogP contribution in [0, 0.1) is 5.92 Å². The number of fused-ring (bicyclic) bond motifs is 1. The van der Waals surface area contributed by atoms with Gasteiger partial charge in [-0.25, -0.2) is 4.98 Å². The van der Waals surface area contributed by atoms with E-state index in [1.807, 2.05) is 0 Å². The first-order valence-corrected chi connectivity index (χ1v) is 6.24. The van der Waals surface area contributed by atoms with E-state index in [1.165, 1.54) is 0 Å². The molecule has 0 aromatic carbocycles. The van der Waals surface area contributed by atoms with Crippen LogP contribution in [0.5, 0.6) is 0 Å². The zero-order valence-corrected chi connectivity index (χ0v) is 10.7. The normalized spacial score (nSPS) is 26.4. The van der Waals surface area contributed by atoms with Crippen LogP contribution in [-0.2, 0) is 4.74 Å². The Labute approximate surface area is 114 Å². The predicted octanol–water partition coefficient (Wildman–Crippen LogP) is -1.47. The van der Waals surface area contributed by atoms with Gasteiger partial charge in [0.2, 0.25) is 5.95 Å². The number of anilines is 2. The van der Waals surface area contributed by atoms with Gasteiger partial charge in [-0.3, -0.25) is 0 Å². The maximum Gasteiger partial charge on any atom is 0.224 e. The van der Waals surface area contributed by atoms with E-state index in [2.05, 4.69) is 15.0 Å². The van der Waals surface area contributed by atoms with Gasteiger partial charge in [0.25, 0.3) is 0 Å². The van der Waals surface area contributed by atoms with E-state index in [0.29, 0.717) is 17.8 Å². The Morgan fingerprint density at radius 3 is 2.80 bits per heavy atom. The number of rotatable bonds is 3. The number of hydrogen-bond acceptors (Lipinski definition) is 8. The van der Waals surface area contributed by atoms with Crippen LogP contribution in [-0.4, -0.2) is 55.7 Å². The van der Waals surface area contributed by atoms with Gasteiger partial charge in [0.1, 0.15) is 5.52 Å². The molecule has 2 aromatic rings. The van der Waals surface area contributed by atoms with E-state index >= 15 is 0 Å². The zero-order chi connectivity index (χ0) is 14.3. The number of nitrogen functional groups attached to an aromatic ring is 2. The van der Waals surface area contributed by atoms with E-state index in [9.17, 15) is 10.2 Å². The fourth-order valence-corrected chi connectivity index (χ4v) is 2.63. The molecule has 0 bridgehead atoms. The molecule has 3 atom stereocenters. The maximum absolute atomic E-state index is 9.51. The predicted molar refractivity (Wildman–Crippen MR) is 70.6 cm³/mol. The van der Waals surface area contributed by atoms with Gasteiger partial charge in [-0.05, 0) is 0 Å². The summed E-state index contributed by atoms with van der Waals surface area (Å²) in [6.45, 7) is 0.102. The van der Waals surface area contributed by atoms with Gasteiger partial charge in [0.15, 0.2) is 11.5 Å². The van der Waals surface area contributed by atoms with Crippen LogP contribution in [0.15, 0.2) is 6.33 Å². The number of nitrogens with zero attached hydrogens (tertiary/aromatic N) is 4. The van der Waals surface area contributed by atoms with Gasteiger partial charge in [-0.15, -0.1) is 0 Å². The van der Waals surface area contributed by atoms with Crippen molar-refractivity contribution in [2.45, 2.75) is 12.1 Å². The van der Waals surface area contributed by atoms with Crippen molar-refractivity contribution in [2.75, 3.05) is 31.3 Å². The summed E-state index contributed by atoms with van der Waals surface area (Å²) < 4.78 is 7.25. The van der Waals surface area contributed by atoms with Gasteiger partial charge in [-0.2, -0.15) is 9.97 Å². The Hall–Kier alpha value is -1.97. The maximum atomic E-state index is 9.51. The summed E-state index contributed by atoms with van der Waals surface area (Å²) in [5.41, 5.74) is 12.3. The monoisotopic (exact) mass is 280 g/mol. The molecule has 9 nitrogen and oxygen atoms in total. The first-order valence-electron chi connectivity index (χ1n) is 6.24. The topological polar surface area (TPSA) is 145 Å². The van der Waals surface area contributed by atoms with Crippen LogP contribution in [0.2, 0.25) is 0 Å². The lowest BCUT2D eigenvalue weighted by molar-refractivity contribution is 0.0268. The number of nitrogens with two attached hydrogens (primary N) is 2. The summed E-state index contributed by atoms with van der Waals surface area (Å²) in [5, 5.41) is 18.8. The van der Waals surface area contributed by atoms with Crippen LogP contribution in [0.25, 0.3) is 11.2 Å². The van der Waals surface area contributed by atoms with Gasteiger partial charge < -0.3 is 31.0 Å². The summed E-state index contributed by atoms with van der Waals surface area (Å²) in [5.74, 6) is 0.0363. The van der Waals surface area contributed by atoms with Crippen molar-refractivity contribution in [1.82, 2.24) is 19.5 Å². The molecule has 0 aliphatic carbocycles. The lowest BCUT2D eigenvalue weighted by Gasteiger charge is -2.20. The molecule has 1 saturated heterocycles. The molecule has 0 saturated carbocycles. The molecule has 3 heterocycles. The van der Waals surface area contributed by atoms with Gasteiger partial charge in [0, 0.05) is 5.92 Å². The molecule has 1 aliphatic rings. The second-order valence-corrected chi connectivity index (χ2v) is 4.76. The van der Waals surface area contributed by atoms with Crippen LogP contribution in [0.4, 0.5) is 11.8 Å². The third-order valence-corrected chi connectivity index (χ3v) is 3.67. The van der Waals surface area contributed by atoms with Gasteiger partial charge in [-0.1, -0.05) is 0 Å². The van der Waals surface area contributed by atoms with Gasteiger partial charge in [0.05, 0.1) is 38.3 Å². The minimum Gasteiger partial charge on any atom is -0.396 e. The second-order valence-electron chi connectivity index (χ2n) is 4.76. The highest BCUT2D eigenvalue weighted by molar-refractivity contribution is 5.82. The fourth-order valence-electron chi connectivity index (χ4n) is 2.63. The smallest absolute Gasteiger partial charge is 0.224 e. The first kappa shape index (κ1) is 13.0. The van der Waals surface area contributed by atoms with Crippen LogP contribution < -0.4 is 11.5 Å². The number of aliphatic hydroxyl groups is 2. The van der Waals surface area contributed by atoms with E-state index in [-0.39, 0.29) is 36.9 Å². The molecule has 6 N–H and O–H groups in total. The largest absolute Gasteiger partial charge is 0.396 e. The molecule has 1 aliphatic heterocycles. The number of ether oxygens (including phenoxy) is 1. The average molecular weight is 280 g/mol. The van der Waals surface area contributed by atoms with E-state index in [0.717, 1.165) is 0 Å². The van der Waals surface area contributed by atoms with E-state index in [1.54, 1.807) is 10.9 Å². The molecule has 1 unspecified atom stereocenters. The molecule has 1 fully saturated rings. The molecule has 20 heavy (non-hydrogen) atoms. The Bertz CT molecular complexity index is 630. The van der Waals surface area contributed by atoms with Crippen molar-refractivity contribution in [3.63, 3.8) is 0 Å². The highest BCUT2D eigenvalue weighted by atomic mass is 16.5. The number of aromatic nitrogens is 4. The molecule has 3 rings (SSSR count). The minimum atomic E-state index is -0.404. The summed E-state index contributed by atoms with van der Waals surface area (Å²) in [6, 6.07) is -0.184. The zero-order valence-electron chi connectivity index (χ0n) is 10.7. The first-order chi connectivity index (χ1) is 9.65. The van der Waals surface area contributed by atoms with Crippen molar-refractivity contribution in [1.29, 1.82) is 0 Å². The van der Waals surface area contributed by atoms with Crippen molar-refractivity contribution in [3.05, 3.63) is 6.33 Å². The SMILES string of the molecule is Nc1nc(N)c2ncn([C@H]3COC(CO)[C@H]3CO)c2n1.